The molecule has 27 heavy (non-hydrogen) atoms. The van der Waals surface area contributed by atoms with Crippen molar-refractivity contribution in [2.75, 3.05) is 31.8 Å². The third-order valence-electron chi connectivity index (χ3n) is 4.84. The third-order valence-corrected chi connectivity index (χ3v) is 4.84. The smallest absolute Gasteiger partial charge is 0.292 e. The highest BCUT2D eigenvalue weighted by molar-refractivity contribution is 6.06. The van der Waals surface area contributed by atoms with Gasteiger partial charge in [-0.3, -0.25) is 4.79 Å². The number of rotatable bonds is 5. The molecule has 2 aliphatic rings. The molecule has 0 unspecified atom stereocenters. The van der Waals surface area contributed by atoms with Gasteiger partial charge >= 0.3 is 0 Å². The van der Waals surface area contributed by atoms with Crippen LogP contribution in [0.1, 0.15) is 24.5 Å². The molecule has 6 nitrogen and oxygen atoms in total. The monoisotopic (exact) mass is 369 g/mol. The van der Waals surface area contributed by atoms with Crippen LogP contribution in [0.5, 0.6) is 11.5 Å². The van der Waals surface area contributed by atoms with Crippen LogP contribution in [0.15, 0.2) is 42.5 Å². The number of benzene rings is 2. The van der Waals surface area contributed by atoms with E-state index in [0.29, 0.717) is 37.9 Å². The molecule has 1 amide bonds. The van der Waals surface area contributed by atoms with Gasteiger partial charge in [0.15, 0.2) is 11.5 Å². The number of carbonyl (C=O) groups excluding carboxylic acids is 1. The molecule has 0 aliphatic carbocycles. The fourth-order valence-corrected chi connectivity index (χ4v) is 3.63. The van der Waals surface area contributed by atoms with Gasteiger partial charge in [0.1, 0.15) is 0 Å². The fraction of sp³-hybridized carbons (Fsp3) is 0.381. The zero-order chi connectivity index (χ0) is 18.9. The Bertz CT molecular complexity index is 844. The molecule has 0 radical (unpaired) electrons. The van der Waals surface area contributed by atoms with Crippen LogP contribution >= 0.6 is 0 Å². The Kier molecular flexibility index (Phi) is 4.76. The van der Waals surface area contributed by atoms with Crippen LogP contribution in [-0.4, -0.2) is 32.8 Å². The number of nitrogens with zero attached hydrogens (tertiary/aromatic N) is 1. The molecule has 4 rings (SSSR count). The summed E-state index contributed by atoms with van der Waals surface area (Å²) in [4.78, 5) is 15.0. The minimum Gasteiger partial charge on any atom is -0.493 e. The summed E-state index contributed by atoms with van der Waals surface area (Å²) in [5.74, 6) is -0.165. The van der Waals surface area contributed by atoms with E-state index in [1.54, 1.807) is 12.0 Å². The highest BCUT2D eigenvalue weighted by atomic mass is 16.7. The molecule has 0 atom stereocenters. The summed E-state index contributed by atoms with van der Waals surface area (Å²) in [7, 11) is 1.61. The first-order valence-electron chi connectivity index (χ1n) is 9.18. The summed E-state index contributed by atoms with van der Waals surface area (Å²) in [6.45, 7) is 3.89. The summed E-state index contributed by atoms with van der Waals surface area (Å²) in [6.07, 6.45) is 0.785. The Morgan fingerprint density at radius 3 is 2.63 bits per heavy atom. The lowest BCUT2D eigenvalue weighted by molar-refractivity contribution is -0.256. The molecule has 1 fully saturated rings. The number of carbonyl (C=O) groups is 1. The Labute approximate surface area is 158 Å². The average Bonchev–Trinajstić information content (AvgIpc) is 2.93. The van der Waals surface area contributed by atoms with Crippen molar-refractivity contribution in [2.24, 2.45) is 0 Å². The van der Waals surface area contributed by atoms with Crippen molar-refractivity contribution >= 4 is 11.6 Å². The van der Waals surface area contributed by atoms with E-state index < -0.39 is 5.79 Å². The first kappa shape index (κ1) is 17.8. The van der Waals surface area contributed by atoms with Crippen LogP contribution in [0.4, 0.5) is 5.69 Å². The molecule has 2 aliphatic heterocycles. The van der Waals surface area contributed by atoms with Gasteiger partial charge in [0.2, 0.25) is 0 Å². The lowest BCUT2D eigenvalue weighted by Gasteiger charge is -2.32. The predicted molar refractivity (Wildman–Crippen MR) is 100.0 cm³/mol. The summed E-state index contributed by atoms with van der Waals surface area (Å²) in [6, 6.07) is 13.4. The Morgan fingerprint density at radius 2 is 1.89 bits per heavy atom. The fourth-order valence-electron chi connectivity index (χ4n) is 3.63. The molecule has 1 spiro atoms. The molecule has 0 aromatic heterocycles. The molecule has 6 heteroatoms. The zero-order valence-corrected chi connectivity index (χ0v) is 15.6. The van der Waals surface area contributed by atoms with E-state index in [9.17, 15) is 4.79 Å². The normalized spacial score (nSPS) is 17.9. The minimum absolute atomic E-state index is 0.184. The number of ether oxygens (including phenoxy) is 4. The van der Waals surface area contributed by atoms with E-state index in [1.807, 2.05) is 49.4 Å². The average molecular weight is 369 g/mol. The quantitative estimate of drug-likeness (QED) is 0.810. The molecule has 2 heterocycles. The maximum Gasteiger partial charge on any atom is 0.292 e. The second-order valence-electron chi connectivity index (χ2n) is 6.49. The molecule has 142 valence electrons. The van der Waals surface area contributed by atoms with Crippen molar-refractivity contribution in [1.29, 1.82) is 0 Å². The van der Waals surface area contributed by atoms with Gasteiger partial charge in [0, 0.05) is 5.56 Å². The molecule has 1 saturated heterocycles. The highest BCUT2D eigenvalue weighted by Gasteiger charge is 2.54. The Balaban J connectivity index is 1.67. The topological polar surface area (TPSA) is 57.2 Å². The molecular weight excluding hydrogens is 346 g/mol. The van der Waals surface area contributed by atoms with Gasteiger partial charge < -0.3 is 23.8 Å². The van der Waals surface area contributed by atoms with Crippen LogP contribution in [-0.2, 0) is 26.6 Å². The highest BCUT2D eigenvalue weighted by Crippen LogP contribution is 2.45. The van der Waals surface area contributed by atoms with Crippen molar-refractivity contribution in [1.82, 2.24) is 0 Å². The van der Waals surface area contributed by atoms with Gasteiger partial charge in [-0.25, -0.2) is 0 Å². The largest absolute Gasteiger partial charge is 0.493 e. The lowest BCUT2D eigenvalue weighted by Crippen LogP contribution is -2.47. The van der Waals surface area contributed by atoms with E-state index in [0.717, 1.165) is 23.2 Å². The molecule has 2 aromatic rings. The van der Waals surface area contributed by atoms with E-state index in [-0.39, 0.29) is 5.91 Å². The molecule has 0 N–H and O–H groups in total. The summed E-state index contributed by atoms with van der Waals surface area (Å²) >= 11 is 0. The third kappa shape index (κ3) is 2.95. The van der Waals surface area contributed by atoms with Gasteiger partial charge in [-0.1, -0.05) is 24.3 Å². The van der Waals surface area contributed by atoms with Crippen molar-refractivity contribution in [3.8, 4) is 11.5 Å². The van der Waals surface area contributed by atoms with Crippen LogP contribution in [0.3, 0.4) is 0 Å². The van der Waals surface area contributed by atoms with Crippen LogP contribution in [0.25, 0.3) is 0 Å². The number of hydrogen-bond acceptors (Lipinski definition) is 5. The lowest BCUT2D eigenvalue weighted by atomic mass is 10.1. The standard InChI is InChI=1S/C21H23NO5/c1-3-25-18-10-9-15(13-19(18)24-2)14-22-17-8-5-4-7-16(17)21(20(22)23)26-11-6-12-27-21/h4-5,7-10,13H,3,6,11-12,14H2,1-2H3. The number of hydrogen-bond donors (Lipinski definition) is 0. The Morgan fingerprint density at radius 1 is 1.11 bits per heavy atom. The predicted octanol–water partition coefficient (Wildman–Crippen LogP) is 3.23. The maximum atomic E-state index is 13.3. The number of methoxy groups -OCH3 is 1. The molecule has 0 saturated carbocycles. The number of fused-ring (bicyclic) bond motifs is 2. The first-order chi connectivity index (χ1) is 13.2. The number of amides is 1. The second kappa shape index (κ2) is 7.21. The van der Waals surface area contributed by atoms with E-state index in [2.05, 4.69) is 0 Å². The Hall–Kier alpha value is -2.57. The molecule has 2 aromatic carbocycles. The summed E-state index contributed by atoms with van der Waals surface area (Å²) in [5.41, 5.74) is 2.52. The first-order valence-corrected chi connectivity index (χ1v) is 9.18. The van der Waals surface area contributed by atoms with E-state index in [4.69, 9.17) is 18.9 Å². The molecular formula is C21H23NO5. The van der Waals surface area contributed by atoms with Gasteiger partial charge in [-0.05, 0) is 37.1 Å². The zero-order valence-electron chi connectivity index (χ0n) is 15.6. The van der Waals surface area contributed by atoms with Gasteiger partial charge in [0.05, 0.1) is 39.2 Å². The van der Waals surface area contributed by atoms with E-state index in [1.165, 1.54) is 0 Å². The van der Waals surface area contributed by atoms with Crippen molar-refractivity contribution < 1.29 is 23.7 Å². The van der Waals surface area contributed by atoms with E-state index >= 15 is 0 Å². The van der Waals surface area contributed by atoms with Crippen molar-refractivity contribution in [2.45, 2.75) is 25.7 Å². The van der Waals surface area contributed by atoms with Gasteiger partial charge in [0.25, 0.3) is 11.7 Å². The number of para-hydroxylation sites is 1. The van der Waals surface area contributed by atoms with Crippen LogP contribution in [0.2, 0.25) is 0 Å². The van der Waals surface area contributed by atoms with Crippen LogP contribution in [0, 0.1) is 0 Å². The van der Waals surface area contributed by atoms with Gasteiger partial charge in [-0.15, -0.1) is 0 Å². The second-order valence-corrected chi connectivity index (χ2v) is 6.49. The minimum atomic E-state index is -1.32. The van der Waals surface area contributed by atoms with Crippen LogP contribution < -0.4 is 14.4 Å². The number of anilines is 1. The summed E-state index contributed by atoms with van der Waals surface area (Å²) < 4.78 is 22.7. The van der Waals surface area contributed by atoms with Crippen molar-refractivity contribution in [3.63, 3.8) is 0 Å². The SMILES string of the molecule is CCOc1ccc(CN2C(=O)C3(OCCCO3)c3ccccc32)cc1OC. The maximum absolute atomic E-state index is 13.3. The van der Waals surface area contributed by atoms with Gasteiger partial charge in [-0.2, -0.15) is 0 Å². The summed E-state index contributed by atoms with van der Waals surface area (Å²) in [5, 5.41) is 0. The molecule has 0 bridgehead atoms. The van der Waals surface area contributed by atoms with Crippen molar-refractivity contribution in [3.05, 3.63) is 53.6 Å².